The molecule has 1 rings (SSSR count). The van der Waals surface area contributed by atoms with E-state index in [1.165, 1.54) is 25.0 Å². The summed E-state index contributed by atoms with van der Waals surface area (Å²) in [7, 11) is 1.68. The van der Waals surface area contributed by atoms with Crippen molar-refractivity contribution in [1.29, 1.82) is 0 Å². The standard InChI is InChI=1S/C13H26N4O2S/c1-18-9-8-14-11-12-16-17-13(19-12)15-7-5-3-4-6-10-20-2/h14H,3-11H2,1-2H3,(H,15,17). The van der Waals surface area contributed by atoms with E-state index in [0.717, 1.165) is 19.5 Å². The van der Waals surface area contributed by atoms with Crippen LogP contribution in [-0.4, -0.2) is 49.0 Å². The molecule has 116 valence electrons. The second-order valence-electron chi connectivity index (χ2n) is 4.50. The van der Waals surface area contributed by atoms with Gasteiger partial charge in [0.15, 0.2) is 0 Å². The number of rotatable bonds is 13. The summed E-state index contributed by atoms with van der Waals surface area (Å²) in [6, 6.07) is 0.512. The number of anilines is 1. The minimum absolute atomic E-state index is 0.512. The molecule has 1 aromatic rings. The van der Waals surface area contributed by atoms with E-state index in [0.29, 0.717) is 25.1 Å². The van der Waals surface area contributed by atoms with Gasteiger partial charge < -0.3 is 19.8 Å². The molecule has 0 bridgehead atoms. The molecule has 0 spiro atoms. The Morgan fingerprint density at radius 1 is 1.15 bits per heavy atom. The lowest BCUT2D eigenvalue weighted by atomic mass is 10.2. The van der Waals surface area contributed by atoms with Gasteiger partial charge in [-0.1, -0.05) is 17.9 Å². The maximum atomic E-state index is 5.47. The smallest absolute Gasteiger partial charge is 0.315 e. The molecule has 0 aliphatic rings. The van der Waals surface area contributed by atoms with Crippen LogP contribution < -0.4 is 10.6 Å². The van der Waals surface area contributed by atoms with Gasteiger partial charge in [-0.05, 0) is 24.9 Å². The maximum Gasteiger partial charge on any atom is 0.315 e. The zero-order chi connectivity index (χ0) is 14.5. The summed E-state index contributed by atoms with van der Waals surface area (Å²) in [4.78, 5) is 0. The van der Waals surface area contributed by atoms with Gasteiger partial charge in [-0.2, -0.15) is 11.8 Å². The molecule has 6 nitrogen and oxygen atoms in total. The highest BCUT2D eigenvalue weighted by atomic mass is 32.2. The predicted molar refractivity (Wildman–Crippen MR) is 83.2 cm³/mol. The summed E-state index contributed by atoms with van der Waals surface area (Å²) < 4.78 is 10.4. The van der Waals surface area contributed by atoms with Gasteiger partial charge in [-0.25, -0.2) is 0 Å². The Labute approximate surface area is 125 Å². The Kier molecular flexibility index (Phi) is 10.3. The van der Waals surface area contributed by atoms with Crippen molar-refractivity contribution in [2.45, 2.75) is 32.2 Å². The molecule has 0 saturated heterocycles. The Morgan fingerprint density at radius 2 is 2.00 bits per heavy atom. The van der Waals surface area contributed by atoms with E-state index in [1.54, 1.807) is 7.11 Å². The van der Waals surface area contributed by atoms with Crippen molar-refractivity contribution < 1.29 is 9.15 Å². The molecule has 1 aromatic heterocycles. The van der Waals surface area contributed by atoms with Gasteiger partial charge in [0.05, 0.1) is 13.2 Å². The molecule has 0 fully saturated rings. The van der Waals surface area contributed by atoms with Crippen molar-refractivity contribution in [2.24, 2.45) is 0 Å². The first kappa shape index (κ1) is 17.3. The fourth-order valence-electron chi connectivity index (χ4n) is 1.69. The van der Waals surface area contributed by atoms with Crippen LogP contribution in [-0.2, 0) is 11.3 Å². The van der Waals surface area contributed by atoms with E-state index in [4.69, 9.17) is 9.15 Å². The molecule has 0 saturated carbocycles. The molecule has 20 heavy (non-hydrogen) atoms. The van der Waals surface area contributed by atoms with E-state index < -0.39 is 0 Å². The summed E-state index contributed by atoms with van der Waals surface area (Å²) >= 11 is 1.91. The average molecular weight is 302 g/mol. The van der Waals surface area contributed by atoms with Crippen molar-refractivity contribution in [3.8, 4) is 0 Å². The summed E-state index contributed by atoms with van der Waals surface area (Å²) in [6.45, 7) is 2.91. The number of hydrogen-bond acceptors (Lipinski definition) is 7. The monoisotopic (exact) mass is 302 g/mol. The predicted octanol–water partition coefficient (Wildman–Crippen LogP) is 2.14. The molecule has 0 atom stereocenters. The fraction of sp³-hybridized carbons (Fsp3) is 0.846. The summed E-state index contributed by atoms with van der Waals surface area (Å²) in [5.41, 5.74) is 0. The van der Waals surface area contributed by atoms with Gasteiger partial charge in [0.2, 0.25) is 5.89 Å². The molecule has 0 aliphatic heterocycles. The van der Waals surface area contributed by atoms with Gasteiger partial charge >= 0.3 is 6.01 Å². The largest absolute Gasteiger partial charge is 0.407 e. The lowest BCUT2D eigenvalue weighted by Crippen LogP contribution is -2.18. The van der Waals surface area contributed by atoms with Gasteiger partial charge in [-0.3, -0.25) is 0 Å². The van der Waals surface area contributed by atoms with Crippen LogP contribution in [0.3, 0.4) is 0 Å². The number of nitrogens with one attached hydrogen (secondary N) is 2. The molecular formula is C13H26N4O2S. The van der Waals surface area contributed by atoms with E-state index in [2.05, 4.69) is 27.1 Å². The second-order valence-corrected chi connectivity index (χ2v) is 5.49. The van der Waals surface area contributed by atoms with Gasteiger partial charge in [-0.15, -0.1) is 5.10 Å². The number of hydrogen-bond donors (Lipinski definition) is 2. The van der Waals surface area contributed by atoms with E-state index in [1.807, 2.05) is 11.8 Å². The van der Waals surface area contributed by atoms with Crippen LogP contribution in [0.4, 0.5) is 6.01 Å². The van der Waals surface area contributed by atoms with Crippen LogP contribution in [0.15, 0.2) is 4.42 Å². The van der Waals surface area contributed by atoms with Crippen LogP contribution in [0, 0.1) is 0 Å². The van der Waals surface area contributed by atoms with E-state index in [-0.39, 0.29) is 0 Å². The topological polar surface area (TPSA) is 72.2 Å². The molecule has 7 heteroatoms. The van der Waals surface area contributed by atoms with Crippen LogP contribution in [0.25, 0.3) is 0 Å². The molecule has 1 heterocycles. The first-order valence-electron chi connectivity index (χ1n) is 7.11. The van der Waals surface area contributed by atoms with Crippen LogP contribution in [0.5, 0.6) is 0 Å². The number of methoxy groups -OCH3 is 1. The summed E-state index contributed by atoms with van der Waals surface area (Å²) in [5.74, 6) is 1.86. The van der Waals surface area contributed by atoms with Crippen LogP contribution in [0.1, 0.15) is 31.6 Å². The third-order valence-corrected chi connectivity index (χ3v) is 3.47. The summed E-state index contributed by atoms with van der Waals surface area (Å²) in [5, 5.41) is 14.2. The highest BCUT2D eigenvalue weighted by molar-refractivity contribution is 7.98. The van der Waals surface area contributed by atoms with Crippen molar-refractivity contribution in [3.63, 3.8) is 0 Å². The average Bonchev–Trinajstić information content (AvgIpc) is 2.90. The van der Waals surface area contributed by atoms with Crippen molar-refractivity contribution in [3.05, 3.63) is 5.89 Å². The van der Waals surface area contributed by atoms with Gasteiger partial charge in [0.25, 0.3) is 0 Å². The van der Waals surface area contributed by atoms with Crippen molar-refractivity contribution in [2.75, 3.05) is 44.1 Å². The third kappa shape index (κ3) is 8.39. The fourth-order valence-corrected chi connectivity index (χ4v) is 2.18. The second kappa shape index (κ2) is 12.0. The van der Waals surface area contributed by atoms with E-state index >= 15 is 0 Å². The van der Waals surface area contributed by atoms with Crippen molar-refractivity contribution >= 4 is 17.8 Å². The quantitative estimate of drug-likeness (QED) is 0.541. The zero-order valence-corrected chi connectivity index (χ0v) is 13.3. The minimum Gasteiger partial charge on any atom is -0.407 e. The molecule has 0 radical (unpaired) electrons. The van der Waals surface area contributed by atoms with Crippen molar-refractivity contribution in [1.82, 2.24) is 15.5 Å². The van der Waals surface area contributed by atoms with Gasteiger partial charge in [0, 0.05) is 20.2 Å². The maximum absolute atomic E-state index is 5.47. The Balaban J connectivity index is 2.02. The normalized spacial score (nSPS) is 10.9. The van der Waals surface area contributed by atoms with E-state index in [9.17, 15) is 0 Å². The number of thioether (sulfide) groups is 1. The number of nitrogens with zero attached hydrogens (tertiary/aromatic N) is 2. The molecule has 0 amide bonds. The van der Waals surface area contributed by atoms with Crippen LogP contribution >= 0.6 is 11.8 Å². The SMILES string of the molecule is COCCNCc1nnc(NCCCCCCSC)o1. The molecule has 0 unspecified atom stereocenters. The zero-order valence-electron chi connectivity index (χ0n) is 12.5. The minimum atomic E-state index is 0.512. The Hall–Kier alpha value is -0.790. The number of ether oxygens (including phenoxy) is 1. The highest BCUT2D eigenvalue weighted by Gasteiger charge is 2.04. The molecule has 0 aliphatic carbocycles. The first-order valence-corrected chi connectivity index (χ1v) is 8.51. The molecule has 0 aromatic carbocycles. The number of aromatic nitrogens is 2. The Bertz CT molecular complexity index is 336. The highest BCUT2D eigenvalue weighted by Crippen LogP contribution is 2.07. The van der Waals surface area contributed by atoms with Crippen LogP contribution in [0.2, 0.25) is 0 Å². The first-order chi connectivity index (χ1) is 9.86. The number of unbranched alkanes of at least 4 members (excludes halogenated alkanes) is 3. The summed E-state index contributed by atoms with van der Waals surface area (Å²) in [6.07, 6.45) is 7.13. The lowest BCUT2D eigenvalue weighted by molar-refractivity contribution is 0.198. The third-order valence-electron chi connectivity index (χ3n) is 2.78. The molecule has 2 N–H and O–H groups in total. The lowest BCUT2D eigenvalue weighted by Gasteiger charge is -2.01. The van der Waals surface area contributed by atoms with Gasteiger partial charge in [0.1, 0.15) is 0 Å². The Morgan fingerprint density at radius 3 is 2.80 bits per heavy atom. The molecular weight excluding hydrogens is 276 g/mol.